The molecule has 0 N–H and O–H groups in total. The highest BCUT2D eigenvalue weighted by Gasteiger charge is 1.90. The molecule has 0 aliphatic carbocycles. The van der Waals surface area contributed by atoms with E-state index in [1.54, 1.807) is 0 Å². The molecular formula is C10H27N3. The van der Waals surface area contributed by atoms with E-state index in [0.717, 1.165) is 0 Å². The predicted octanol–water partition coefficient (Wildman–Crippen LogP) is 0.678. The lowest BCUT2D eigenvalue weighted by Gasteiger charge is -2.12. The third-order valence-corrected chi connectivity index (χ3v) is 1.21. The van der Waals surface area contributed by atoms with Crippen molar-refractivity contribution in [2.75, 3.05) is 62.4 Å². The first-order valence-corrected chi connectivity index (χ1v) is 4.76. The first-order valence-electron chi connectivity index (χ1n) is 4.76. The second-order valence-electron chi connectivity index (χ2n) is 4.30. The van der Waals surface area contributed by atoms with Crippen molar-refractivity contribution >= 4 is 0 Å². The highest BCUT2D eigenvalue weighted by molar-refractivity contribution is 4.47. The standard InChI is InChI=1S/C7H18N2.C3H9N/c1-8(2)6-5-7-9(3)4;1-4(2)3/h5-7H2,1-4H3;1-3H3. The normalized spacial score (nSPS) is 10.6. The van der Waals surface area contributed by atoms with Gasteiger partial charge in [0.1, 0.15) is 0 Å². The molecule has 3 nitrogen and oxygen atoms in total. The van der Waals surface area contributed by atoms with Crippen LogP contribution in [0.4, 0.5) is 0 Å². The van der Waals surface area contributed by atoms with Crippen LogP contribution in [0.25, 0.3) is 0 Å². The summed E-state index contributed by atoms with van der Waals surface area (Å²) in [7, 11) is 14.4. The van der Waals surface area contributed by atoms with Gasteiger partial charge in [0.15, 0.2) is 0 Å². The van der Waals surface area contributed by atoms with Gasteiger partial charge in [0.05, 0.1) is 0 Å². The highest BCUT2D eigenvalue weighted by Crippen LogP contribution is 1.84. The fraction of sp³-hybridized carbons (Fsp3) is 1.00. The SMILES string of the molecule is CN(C)C.CN(C)CCCN(C)C. The van der Waals surface area contributed by atoms with Crippen molar-refractivity contribution in [3.05, 3.63) is 0 Å². The average molecular weight is 189 g/mol. The minimum Gasteiger partial charge on any atom is -0.312 e. The van der Waals surface area contributed by atoms with Gasteiger partial charge < -0.3 is 14.7 Å². The summed E-state index contributed by atoms with van der Waals surface area (Å²) in [5.41, 5.74) is 0. The molecule has 0 heterocycles. The Kier molecular flexibility index (Phi) is 11.8. The molecule has 0 bridgehead atoms. The van der Waals surface area contributed by atoms with Gasteiger partial charge in [-0.15, -0.1) is 0 Å². The third-order valence-electron chi connectivity index (χ3n) is 1.21. The maximum Gasteiger partial charge on any atom is -0.00126 e. The zero-order valence-electron chi connectivity index (χ0n) is 10.5. The zero-order chi connectivity index (χ0) is 10.9. The predicted molar refractivity (Wildman–Crippen MR) is 61.3 cm³/mol. The minimum atomic E-state index is 1.19. The van der Waals surface area contributed by atoms with Crippen molar-refractivity contribution in [1.29, 1.82) is 0 Å². The molecule has 0 saturated heterocycles. The fourth-order valence-electron chi connectivity index (χ4n) is 0.703. The Bertz CT molecular complexity index is 79.4. The van der Waals surface area contributed by atoms with Crippen LogP contribution in [0, 0.1) is 0 Å². The first-order chi connectivity index (χ1) is 5.86. The molecule has 0 aliphatic heterocycles. The van der Waals surface area contributed by atoms with Gasteiger partial charge in [0, 0.05) is 0 Å². The van der Waals surface area contributed by atoms with Gasteiger partial charge in [-0.1, -0.05) is 0 Å². The molecule has 0 rings (SSSR count). The molecule has 0 aromatic rings. The lowest BCUT2D eigenvalue weighted by molar-refractivity contribution is 0.340. The number of rotatable bonds is 4. The summed E-state index contributed by atoms with van der Waals surface area (Å²) in [5.74, 6) is 0. The van der Waals surface area contributed by atoms with E-state index in [0.29, 0.717) is 0 Å². The summed E-state index contributed by atoms with van der Waals surface area (Å²) >= 11 is 0. The summed E-state index contributed by atoms with van der Waals surface area (Å²) in [5, 5.41) is 0. The van der Waals surface area contributed by atoms with Gasteiger partial charge in [0.25, 0.3) is 0 Å². The van der Waals surface area contributed by atoms with Gasteiger partial charge in [-0.3, -0.25) is 0 Å². The van der Waals surface area contributed by atoms with E-state index in [9.17, 15) is 0 Å². The number of hydrogen-bond donors (Lipinski definition) is 0. The highest BCUT2D eigenvalue weighted by atomic mass is 15.1. The molecule has 0 aromatic carbocycles. The van der Waals surface area contributed by atoms with Crippen molar-refractivity contribution in [3.8, 4) is 0 Å². The molecule has 3 heteroatoms. The van der Waals surface area contributed by atoms with Crippen molar-refractivity contribution in [2.45, 2.75) is 6.42 Å². The van der Waals surface area contributed by atoms with Crippen molar-refractivity contribution < 1.29 is 0 Å². The van der Waals surface area contributed by atoms with E-state index >= 15 is 0 Å². The Hall–Kier alpha value is -0.120. The Morgan fingerprint density at radius 3 is 1.00 bits per heavy atom. The molecule has 0 spiro atoms. The molecule has 0 unspecified atom stereocenters. The zero-order valence-corrected chi connectivity index (χ0v) is 10.5. The Morgan fingerprint density at radius 1 is 0.615 bits per heavy atom. The fourth-order valence-corrected chi connectivity index (χ4v) is 0.703. The summed E-state index contributed by atoms with van der Waals surface area (Å²) in [6, 6.07) is 0. The molecule has 0 amide bonds. The molecular weight excluding hydrogens is 162 g/mol. The molecule has 0 radical (unpaired) electrons. The largest absolute Gasteiger partial charge is 0.312 e. The van der Waals surface area contributed by atoms with Crippen LogP contribution in [0.3, 0.4) is 0 Å². The minimum absolute atomic E-state index is 1.19. The van der Waals surface area contributed by atoms with Crippen molar-refractivity contribution in [2.24, 2.45) is 0 Å². The monoisotopic (exact) mass is 189 g/mol. The second-order valence-corrected chi connectivity index (χ2v) is 4.30. The second kappa shape index (κ2) is 9.96. The molecule has 82 valence electrons. The molecule has 0 aromatic heterocycles. The quantitative estimate of drug-likeness (QED) is 0.644. The van der Waals surface area contributed by atoms with Crippen LogP contribution in [0.15, 0.2) is 0 Å². The summed E-state index contributed by atoms with van der Waals surface area (Å²) < 4.78 is 0. The van der Waals surface area contributed by atoms with Crippen LogP contribution in [-0.4, -0.2) is 77.1 Å². The third kappa shape index (κ3) is 33.5. The molecule has 13 heavy (non-hydrogen) atoms. The lowest BCUT2D eigenvalue weighted by atomic mass is 10.4. The van der Waals surface area contributed by atoms with E-state index in [1.807, 2.05) is 26.0 Å². The molecule has 0 aliphatic rings. The Labute approximate surface area is 84.3 Å². The van der Waals surface area contributed by atoms with Crippen LogP contribution in [-0.2, 0) is 0 Å². The number of hydrogen-bond acceptors (Lipinski definition) is 3. The summed E-state index contributed by atoms with van der Waals surface area (Å²) in [6.07, 6.45) is 1.26. The molecule has 0 atom stereocenters. The van der Waals surface area contributed by atoms with Crippen LogP contribution in [0.5, 0.6) is 0 Å². The van der Waals surface area contributed by atoms with E-state index < -0.39 is 0 Å². The van der Waals surface area contributed by atoms with Crippen molar-refractivity contribution in [1.82, 2.24) is 14.7 Å². The van der Waals surface area contributed by atoms with Crippen LogP contribution < -0.4 is 0 Å². The molecule has 0 saturated carbocycles. The van der Waals surface area contributed by atoms with Gasteiger partial charge in [-0.2, -0.15) is 0 Å². The first kappa shape index (κ1) is 15.4. The van der Waals surface area contributed by atoms with E-state index in [1.165, 1.54) is 19.5 Å². The lowest BCUT2D eigenvalue weighted by Crippen LogP contribution is -2.20. The Morgan fingerprint density at radius 2 is 0.846 bits per heavy atom. The summed E-state index contributed by atoms with van der Waals surface area (Å²) in [6.45, 7) is 2.39. The molecule has 0 fully saturated rings. The van der Waals surface area contributed by atoms with E-state index in [4.69, 9.17) is 0 Å². The topological polar surface area (TPSA) is 9.72 Å². The number of nitrogens with zero attached hydrogens (tertiary/aromatic N) is 3. The summed E-state index contributed by atoms with van der Waals surface area (Å²) in [4.78, 5) is 6.42. The van der Waals surface area contributed by atoms with Crippen LogP contribution >= 0.6 is 0 Å². The van der Waals surface area contributed by atoms with Crippen LogP contribution in [0.1, 0.15) is 6.42 Å². The van der Waals surface area contributed by atoms with Crippen molar-refractivity contribution in [3.63, 3.8) is 0 Å². The van der Waals surface area contributed by atoms with Gasteiger partial charge in [0.2, 0.25) is 0 Å². The van der Waals surface area contributed by atoms with Gasteiger partial charge in [-0.05, 0) is 68.8 Å². The smallest absolute Gasteiger partial charge is 0.00126 e. The van der Waals surface area contributed by atoms with E-state index in [-0.39, 0.29) is 0 Å². The maximum absolute atomic E-state index is 2.21. The van der Waals surface area contributed by atoms with E-state index in [2.05, 4.69) is 38.0 Å². The van der Waals surface area contributed by atoms with Crippen LogP contribution in [0.2, 0.25) is 0 Å². The van der Waals surface area contributed by atoms with Gasteiger partial charge in [-0.25, -0.2) is 0 Å². The van der Waals surface area contributed by atoms with Gasteiger partial charge >= 0.3 is 0 Å². The maximum atomic E-state index is 2.21. The Balaban J connectivity index is 0. The average Bonchev–Trinajstić information content (AvgIpc) is 1.83.